The Morgan fingerprint density at radius 3 is 2.28 bits per heavy atom. The van der Waals surface area contributed by atoms with Gasteiger partial charge in [-0.05, 0) is 97.5 Å². The fourth-order valence-electron chi connectivity index (χ4n) is 4.42. The molecule has 3 heterocycles. The summed E-state index contributed by atoms with van der Waals surface area (Å²) in [4.78, 5) is 8.59. The van der Waals surface area contributed by atoms with E-state index < -0.39 is 34.3 Å². The molecule has 176 valence electrons. The Kier molecular flexibility index (Phi) is 2.63. The van der Waals surface area contributed by atoms with E-state index >= 15 is 0 Å². The van der Waals surface area contributed by atoms with E-state index in [1.165, 1.54) is 42.5 Å². The lowest BCUT2D eigenvalue weighted by Crippen LogP contribution is -1.94. The molecule has 3 nitrogen and oxygen atoms in total. The molecule has 3 aromatic carbocycles. The van der Waals surface area contributed by atoms with Crippen molar-refractivity contribution in [2.75, 3.05) is 0 Å². The topological polar surface area (TPSA) is 38.9 Å². The van der Waals surface area contributed by atoms with Gasteiger partial charge in [-0.15, -0.1) is 0 Å². The second-order valence-electron chi connectivity index (χ2n) is 8.47. The number of furan rings is 1. The number of aromatic nitrogens is 2. The van der Waals surface area contributed by atoms with Gasteiger partial charge in [0.2, 0.25) is 5.71 Å². The molecular weight excluding hydrogens is 440 g/mol. The molecule has 0 N–H and O–H groups in total. The molecule has 0 radical (unpaired) electrons. The Labute approximate surface area is 232 Å². The average molecular weight is 484 g/mol. The largest absolute Gasteiger partial charge is 0.437 e. The summed E-state index contributed by atoms with van der Waals surface area (Å²) in [5, 5.41) is 1.09. The van der Waals surface area contributed by atoms with Crippen LogP contribution in [0.4, 0.5) is 0 Å². The minimum Gasteiger partial charge on any atom is -0.437 e. The second kappa shape index (κ2) is 8.46. The van der Waals surface area contributed by atoms with E-state index in [4.69, 9.17) is 25.0 Å². The summed E-state index contributed by atoms with van der Waals surface area (Å²) in [6, 6.07) is 17.1. The summed E-state index contributed by atoms with van der Waals surface area (Å²) in [6.07, 6.45) is 1.09. The zero-order valence-corrected chi connectivity index (χ0v) is 18.8. The van der Waals surface area contributed by atoms with Crippen molar-refractivity contribution in [2.45, 2.75) is 34.3 Å². The molecule has 3 aromatic heterocycles. The first-order valence-electron chi connectivity index (χ1n) is 18.6. The second-order valence-corrected chi connectivity index (χ2v) is 8.47. The Bertz CT molecular complexity index is 2290. The number of fused-ring (bicyclic) bond motifs is 3. The highest BCUT2D eigenvalue weighted by molar-refractivity contribution is 6.08. The van der Waals surface area contributed by atoms with Crippen molar-refractivity contribution in [1.82, 2.24) is 9.97 Å². The predicted molar refractivity (Wildman–Crippen MR) is 149 cm³/mol. The third-order valence-electron chi connectivity index (χ3n) is 6.19. The lowest BCUT2D eigenvalue weighted by molar-refractivity contribution is 0.653. The van der Waals surface area contributed by atoms with E-state index in [1.807, 2.05) is 0 Å². The van der Waals surface area contributed by atoms with Crippen molar-refractivity contribution in [2.24, 2.45) is 0 Å². The Morgan fingerprint density at radius 1 is 0.667 bits per heavy atom. The molecule has 0 spiro atoms. The van der Waals surface area contributed by atoms with Gasteiger partial charge in [-0.3, -0.25) is 4.98 Å². The highest BCUT2D eigenvalue weighted by atomic mass is 16.3. The molecule has 0 unspecified atom stereocenters. The maximum Gasteiger partial charge on any atom is 0.227 e. The zero-order valence-electron chi connectivity index (χ0n) is 33.8. The van der Waals surface area contributed by atoms with Crippen LogP contribution in [0, 0.1) is 34.3 Å². The van der Waals surface area contributed by atoms with Crippen LogP contribution in [0.2, 0.25) is 0 Å². The van der Waals surface area contributed by atoms with E-state index in [9.17, 15) is 0 Å². The zero-order chi connectivity index (χ0) is 37.5. The van der Waals surface area contributed by atoms with Crippen LogP contribution in [0.3, 0.4) is 0 Å². The van der Waals surface area contributed by atoms with Crippen molar-refractivity contribution in [3.63, 3.8) is 0 Å². The van der Waals surface area contributed by atoms with Crippen molar-refractivity contribution < 1.29 is 25.0 Å². The molecular formula is C33H28N2O. The lowest BCUT2D eigenvalue weighted by Gasteiger charge is -2.16. The summed E-state index contributed by atoms with van der Waals surface area (Å²) in [7, 11) is 0. The van der Waals surface area contributed by atoms with Gasteiger partial charge in [0.15, 0.2) is 0 Å². The standard InChI is InChI=1S/C33H28N2O/c1-19-9-12-24(13-10-19)28-15-21(3)29(16-20(28)2)30-17-31(34-18-22(30)4)27-8-6-7-25-26-14-11-23(5)35-33(26)36-32(25)27/h6-18H,1-5H3/i1D3,2D3,3D3,4D3,5D3. The number of nitrogens with zero attached hydrogens (tertiary/aromatic N) is 2. The van der Waals surface area contributed by atoms with Gasteiger partial charge in [-0.1, -0.05) is 54.1 Å². The van der Waals surface area contributed by atoms with Crippen LogP contribution in [-0.4, -0.2) is 9.97 Å². The van der Waals surface area contributed by atoms with Crippen molar-refractivity contribution in [1.29, 1.82) is 0 Å². The summed E-state index contributed by atoms with van der Waals surface area (Å²) >= 11 is 0. The first kappa shape index (κ1) is 11.2. The van der Waals surface area contributed by atoms with Gasteiger partial charge in [0.1, 0.15) is 5.58 Å². The van der Waals surface area contributed by atoms with E-state index in [0.29, 0.717) is 16.3 Å². The fourth-order valence-corrected chi connectivity index (χ4v) is 4.42. The van der Waals surface area contributed by atoms with Crippen LogP contribution in [0.5, 0.6) is 0 Å². The van der Waals surface area contributed by atoms with Crippen molar-refractivity contribution >= 4 is 22.1 Å². The maximum absolute atomic E-state index is 8.44. The number of rotatable bonds is 3. The lowest BCUT2D eigenvalue weighted by atomic mass is 9.90. The van der Waals surface area contributed by atoms with Gasteiger partial charge in [0, 0.05) is 48.8 Å². The quantitative estimate of drug-likeness (QED) is 0.252. The third kappa shape index (κ3) is 3.68. The van der Waals surface area contributed by atoms with Crippen molar-refractivity contribution in [3.8, 4) is 33.5 Å². The van der Waals surface area contributed by atoms with Crippen LogP contribution in [0.1, 0.15) is 48.5 Å². The van der Waals surface area contributed by atoms with Crippen LogP contribution in [0.15, 0.2) is 83.4 Å². The molecule has 0 fully saturated rings. The predicted octanol–water partition coefficient (Wildman–Crippen LogP) is 8.92. The minimum atomic E-state index is -2.86. The molecule has 36 heavy (non-hydrogen) atoms. The van der Waals surface area contributed by atoms with Crippen molar-refractivity contribution in [3.05, 3.63) is 107 Å². The van der Waals surface area contributed by atoms with Crippen LogP contribution < -0.4 is 0 Å². The SMILES string of the molecule is [2H]C([2H])([2H])c1ccc(-c2cc(C([2H])([2H])[2H])c(-c3cc(-c4cccc5c4oc4nc(C([2H])([2H])[2H])ccc45)ncc3C([2H])([2H])[2H])cc2C([2H])([2H])[2H])cc1. The van der Waals surface area contributed by atoms with Gasteiger partial charge >= 0.3 is 0 Å². The number of hydrogen-bond acceptors (Lipinski definition) is 3. The molecule has 0 aliphatic rings. The van der Waals surface area contributed by atoms with Gasteiger partial charge in [0.25, 0.3) is 0 Å². The molecule has 6 aromatic rings. The summed E-state index contributed by atoms with van der Waals surface area (Å²) in [5.41, 5.74) is -0.267. The van der Waals surface area contributed by atoms with Crippen LogP contribution in [0.25, 0.3) is 55.6 Å². The summed E-state index contributed by atoms with van der Waals surface area (Å²) in [6.45, 7) is -13.4. The summed E-state index contributed by atoms with van der Waals surface area (Å²) < 4.78 is 127. The fraction of sp³-hybridized carbons (Fsp3) is 0.152. The van der Waals surface area contributed by atoms with E-state index in [2.05, 4.69) is 9.97 Å². The number of benzene rings is 3. The first-order valence-corrected chi connectivity index (χ1v) is 11.1. The molecule has 0 atom stereocenters. The van der Waals surface area contributed by atoms with E-state index in [-0.39, 0.29) is 67.2 Å². The number of para-hydroxylation sites is 1. The number of hydrogen-bond donors (Lipinski definition) is 0. The molecule has 6 rings (SSSR count). The van der Waals surface area contributed by atoms with E-state index in [1.54, 1.807) is 24.3 Å². The Morgan fingerprint density at radius 2 is 1.47 bits per heavy atom. The molecule has 0 amide bonds. The Balaban J connectivity index is 1.63. The number of pyridine rings is 2. The van der Waals surface area contributed by atoms with Crippen LogP contribution in [-0.2, 0) is 0 Å². The van der Waals surface area contributed by atoms with Crippen LogP contribution >= 0.6 is 0 Å². The van der Waals surface area contributed by atoms with Gasteiger partial charge in [0.05, 0.1) is 5.69 Å². The molecule has 3 heteroatoms. The first-order chi connectivity index (χ1) is 23.4. The normalized spacial score (nSPS) is 19.4. The van der Waals surface area contributed by atoms with Gasteiger partial charge in [-0.25, -0.2) is 4.98 Å². The Hall–Kier alpha value is -4.24. The highest BCUT2D eigenvalue weighted by Gasteiger charge is 2.16. The molecule has 0 aliphatic carbocycles. The van der Waals surface area contributed by atoms with E-state index in [0.717, 1.165) is 12.3 Å². The molecule has 0 bridgehead atoms. The molecule has 0 aliphatic heterocycles. The minimum absolute atomic E-state index is 0.00829. The molecule has 0 saturated carbocycles. The number of aryl methyl sites for hydroxylation is 5. The average Bonchev–Trinajstić information content (AvgIpc) is 3.40. The van der Waals surface area contributed by atoms with Gasteiger partial charge in [-0.2, -0.15) is 0 Å². The maximum atomic E-state index is 8.44. The van der Waals surface area contributed by atoms with Gasteiger partial charge < -0.3 is 4.42 Å². The summed E-state index contributed by atoms with van der Waals surface area (Å²) in [5.74, 6) is 0. The molecule has 0 saturated heterocycles. The third-order valence-corrected chi connectivity index (χ3v) is 6.19. The highest BCUT2D eigenvalue weighted by Crippen LogP contribution is 2.38. The monoisotopic (exact) mass is 483 g/mol. The smallest absolute Gasteiger partial charge is 0.227 e.